The molecule has 3 aromatic rings. The Hall–Kier alpha value is -2.26. The van der Waals surface area contributed by atoms with Gasteiger partial charge in [-0.15, -0.1) is 10.2 Å². The third kappa shape index (κ3) is 3.72. The lowest BCUT2D eigenvalue weighted by Gasteiger charge is -2.08. The Morgan fingerprint density at radius 2 is 1.92 bits per heavy atom. The highest BCUT2D eigenvalue weighted by Crippen LogP contribution is 2.33. The molecule has 1 amide bonds. The summed E-state index contributed by atoms with van der Waals surface area (Å²) in [5.74, 6) is -0.106. The van der Waals surface area contributed by atoms with Crippen LogP contribution in [-0.2, 0) is 11.9 Å². The van der Waals surface area contributed by atoms with E-state index in [2.05, 4.69) is 10.2 Å². The average Bonchev–Trinajstić information content (AvgIpc) is 2.96. The van der Waals surface area contributed by atoms with Gasteiger partial charge in [-0.3, -0.25) is 9.20 Å². The van der Waals surface area contributed by atoms with Crippen LogP contribution in [0.3, 0.4) is 0 Å². The average molecular weight is 387 g/mol. The Bertz CT molecular complexity index is 940. The smallest absolute Gasteiger partial charge is 0.366 e. The maximum Gasteiger partial charge on any atom is 0.417 e. The first kappa shape index (κ1) is 17.6. The van der Waals surface area contributed by atoms with Crippen molar-refractivity contribution in [1.82, 2.24) is 14.6 Å². The van der Waals surface area contributed by atoms with Gasteiger partial charge in [0.1, 0.15) is 0 Å². The monoisotopic (exact) mass is 386 g/mol. The summed E-state index contributed by atoms with van der Waals surface area (Å²) in [6.07, 6.45) is -3.60. The standard InChI is InChI=1S/C15H10ClF3N4OS/c16-11-5-10(15(17,18)19)6-23-13(11)21-22-14(23)25-7-8-1-3-9(4-2-8)12(20)24/h1-6H,7H2,(H2,20,24). The van der Waals surface area contributed by atoms with Crippen LogP contribution < -0.4 is 5.73 Å². The minimum atomic E-state index is -4.52. The molecule has 0 spiro atoms. The van der Waals surface area contributed by atoms with E-state index in [-0.39, 0.29) is 15.8 Å². The second kappa shape index (κ2) is 6.57. The molecule has 2 aromatic heterocycles. The molecule has 0 fully saturated rings. The molecule has 0 saturated carbocycles. The third-order valence-electron chi connectivity index (χ3n) is 3.36. The van der Waals surface area contributed by atoms with Crippen molar-refractivity contribution in [2.75, 3.05) is 0 Å². The molecule has 0 aliphatic rings. The minimum absolute atomic E-state index is 0.125. The molecule has 0 saturated heterocycles. The lowest BCUT2D eigenvalue weighted by molar-refractivity contribution is -0.137. The van der Waals surface area contributed by atoms with Crippen LogP contribution >= 0.6 is 23.4 Å². The van der Waals surface area contributed by atoms with E-state index < -0.39 is 17.6 Å². The summed E-state index contributed by atoms with van der Waals surface area (Å²) in [7, 11) is 0. The van der Waals surface area contributed by atoms with Gasteiger partial charge in [-0.05, 0) is 23.8 Å². The SMILES string of the molecule is NC(=O)c1ccc(CSc2nnc3c(Cl)cc(C(F)(F)F)cn23)cc1. The Morgan fingerprint density at radius 3 is 2.52 bits per heavy atom. The van der Waals surface area contributed by atoms with Crippen molar-refractivity contribution in [3.8, 4) is 0 Å². The van der Waals surface area contributed by atoms with Crippen LogP contribution in [0.15, 0.2) is 41.7 Å². The van der Waals surface area contributed by atoms with Gasteiger partial charge in [0.2, 0.25) is 5.91 Å². The molecule has 2 heterocycles. The van der Waals surface area contributed by atoms with E-state index in [0.717, 1.165) is 17.8 Å². The molecule has 0 atom stereocenters. The normalized spacial score (nSPS) is 11.8. The largest absolute Gasteiger partial charge is 0.417 e. The molecule has 1 aromatic carbocycles. The zero-order valence-electron chi connectivity index (χ0n) is 12.4. The number of aromatic nitrogens is 3. The fourth-order valence-corrected chi connectivity index (χ4v) is 3.21. The Kier molecular flexibility index (Phi) is 4.61. The van der Waals surface area contributed by atoms with Crippen LogP contribution in [0.4, 0.5) is 13.2 Å². The van der Waals surface area contributed by atoms with Gasteiger partial charge in [-0.1, -0.05) is 35.5 Å². The number of hydrogen-bond donors (Lipinski definition) is 1. The van der Waals surface area contributed by atoms with E-state index in [9.17, 15) is 18.0 Å². The predicted octanol–water partition coefficient (Wildman–Crippen LogP) is 3.79. The van der Waals surface area contributed by atoms with Gasteiger partial charge in [0.15, 0.2) is 10.8 Å². The van der Waals surface area contributed by atoms with Crippen molar-refractivity contribution in [2.45, 2.75) is 17.1 Å². The van der Waals surface area contributed by atoms with Crippen molar-refractivity contribution in [2.24, 2.45) is 5.73 Å². The molecule has 3 rings (SSSR count). The Morgan fingerprint density at radius 1 is 1.24 bits per heavy atom. The highest BCUT2D eigenvalue weighted by Gasteiger charge is 2.32. The van der Waals surface area contributed by atoms with Crippen molar-refractivity contribution >= 4 is 34.9 Å². The number of nitrogens with two attached hydrogens (primary N) is 1. The summed E-state index contributed by atoms with van der Waals surface area (Å²) < 4.78 is 40.0. The van der Waals surface area contributed by atoms with E-state index in [1.807, 2.05) is 0 Å². The number of hydrogen-bond acceptors (Lipinski definition) is 4. The number of carbonyl (C=O) groups excluding carboxylic acids is 1. The summed E-state index contributed by atoms with van der Waals surface area (Å²) in [4.78, 5) is 11.0. The molecule has 130 valence electrons. The number of primary amides is 1. The van der Waals surface area contributed by atoms with E-state index in [4.69, 9.17) is 17.3 Å². The van der Waals surface area contributed by atoms with Crippen LogP contribution in [0.2, 0.25) is 5.02 Å². The fraction of sp³-hybridized carbons (Fsp3) is 0.133. The van der Waals surface area contributed by atoms with Gasteiger partial charge in [0.25, 0.3) is 0 Å². The van der Waals surface area contributed by atoms with Crippen LogP contribution in [-0.4, -0.2) is 20.5 Å². The summed E-state index contributed by atoms with van der Waals surface area (Å²) in [5, 5.41) is 7.87. The van der Waals surface area contributed by atoms with Crippen molar-refractivity contribution in [3.05, 3.63) is 58.2 Å². The summed E-state index contributed by atoms with van der Waals surface area (Å²) in [6, 6.07) is 7.41. The first-order valence-electron chi connectivity index (χ1n) is 6.89. The molecule has 25 heavy (non-hydrogen) atoms. The molecule has 0 aliphatic carbocycles. The number of nitrogens with zero attached hydrogens (tertiary/aromatic N) is 3. The van der Waals surface area contributed by atoms with Gasteiger partial charge in [-0.2, -0.15) is 13.2 Å². The second-order valence-corrected chi connectivity index (χ2v) is 6.45. The topological polar surface area (TPSA) is 73.3 Å². The molecule has 0 aliphatic heterocycles. The number of thioether (sulfide) groups is 1. The highest BCUT2D eigenvalue weighted by atomic mass is 35.5. The van der Waals surface area contributed by atoms with Crippen LogP contribution in [0.1, 0.15) is 21.5 Å². The maximum atomic E-state index is 12.9. The molecular weight excluding hydrogens is 377 g/mol. The first-order chi connectivity index (χ1) is 11.8. The minimum Gasteiger partial charge on any atom is -0.366 e. The summed E-state index contributed by atoms with van der Waals surface area (Å²) in [6.45, 7) is 0. The van der Waals surface area contributed by atoms with Gasteiger partial charge >= 0.3 is 6.18 Å². The first-order valence-corrected chi connectivity index (χ1v) is 8.25. The number of rotatable bonds is 4. The lowest BCUT2D eigenvalue weighted by Crippen LogP contribution is -2.10. The zero-order valence-corrected chi connectivity index (χ0v) is 14.0. The van der Waals surface area contributed by atoms with Crippen molar-refractivity contribution in [1.29, 1.82) is 0 Å². The molecule has 10 heteroatoms. The Labute approximate surface area is 149 Å². The number of fused-ring (bicyclic) bond motifs is 1. The third-order valence-corrected chi connectivity index (χ3v) is 4.65. The quantitative estimate of drug-likeness (QED) is 0.692. The predicted molar refractivity (Wildman–Crippen MR) is 87.5 cm³/mol. The van der Waals surface area contributed by atoms with E-state index in [1.54, 1.807) is 24.3 Å². The molecule has 0 bridgehead atoms. The molecule has 5 nitrogen and oxygen atoms in total. The second-order valence-electron chi connectivity index (χ2n) is 5.10. The molecule has 0 unspecified atom stereocenters. The fourth-order valence-electron chi connectivity index (χ4n) is 2.10. The molecular formula is C15H10ClF3N4OS. The lowest BCUT2D eigenvalue weighted by atomic mass is 10.1. The van der Waals surface area contributed by atoms with E-state index in [1.165, 1.54) is 16.2 Å². The van der Waals surface area contributed by atoms with Crippen LogP contribution in [0.25, 0.3) is 5.65 Å². The Balaban J connectivity index is 1.86. The molecule has 2 N–H and O–H groups in total. The zero-order chi connectivity index (χ0) is 18.2. The summed E-state index contributed by atoms with van der Waals surface area (Å²) >= 11 is 7.07. The van der Waals surface area contributed by atoms with E-state index in [0.29, 0.717) is 11.3 Å². The maximum absolute atomic E-state index is 12.9. The molecule has 0 radical (unpaired) electrons. The van der Waals surface area contributed by atoms with Crippen LogP contribution in [0.5, 0.6) is 0 Å². The highest BCUT2D eigenvalue weighted by molar-refractivity contribution is 7.98. The van der Waals surface area contributed by atoms with Crippen molar-refractivity contribution < 1.29 is 18.0 Å². The van der Waals surface area contributed by atoms with Gasteiger partial charge in [0.05, 0.1) is 10.6 Å². The van der Waals surface area contributed by atoms with Gasteiger partial charge in [0, 0.05) is 17.5 Å². The van der Waals surface area contributed by atoms with Gasteiger partial charge in [-0.25, -0.2) is 0 Å². The van der Waals surface area contributed by atoms with Crippen molar-refractivity contribution in [3.63, 3.8) is 0 Å². The number of pyridine rings is 1. The van der Waals surface area contributed by atoms with E-state index >= 15 is 0 Å². The number of halogens is 4. The number of amides is 1. The summed E-state index contributed by atoms with van der Waals surface area (Å²) in [5.41, 5.74) is 5.68. The van der Waals surface area contributed by atoms with Crippen LogP contribution in [0, 0.1) is 0 Å². The number of benzene rings is 1. The van der Waals surface area contributed by atoms with Gasteiger partial charge < -0.3 is 5.73 Å². The number of carbonyl (C=O) groups is 1. The number of alkyl halides is 3.